The Balaban J connectivity index is 1.23. The summed E-state index contributed by atoms with van der Waals surface area (Å²) in [5, 5.41) is 8.17. The van der Waals surface area contributed by atoms with Crippen molar-refractivity contribution in [2.45, 2.75) is 0 Å². The van der Waals surface area contributed by atoms with Crippen molar-refractivity contribution in [1.82, 2.24) is 0 Å². The van der Waals surface area contributed by atoms with Crippen LogP contribution in [0.15, 0.2) is 109 Å². The lowest BCUT2D eigenvalue weighted by Crippen LogP contribution is -1.78. The van der Waals surface area contributed by atoms with Crippen molar-refractivity contribution in [1.29, 1.82) is 0 Å². The fourth-order valence-corrected chi connectivity index (χ4v) is 10.9. The Morgan fingerprint density at radius 1 is 0.342 bits per heavy atom. The van der Waals surface area contributed by atoms with Crippen molar-refractivity contribution in [3.8, 4) is 20.9 Å². The molecular formula is C34H18S4. The molecule has 0 nitrogen and oxygen atoms in total. The fourth-order valence-electron chi connectivity index (χ4n) is 5.65. The van der Waals surface area contributed by atoms with Gasteiger partial charge in [0.25, 0.3) is 0 Å². The van der Waals surface area contributed by atoms with Crippen molar-refractivity contribution in [3.05, 3.63) is 109 Å². The molecule has 9 aromatic rings. The van der Waals surface area contributed by atoms with Crippen LogP contribution < -0.4 is 0 Å². The Bertz CT molecular complexity index is 2160. The zero-order chi connectivity index (χ0) is 24.8. The smallest absolute Gasteiger partial charge is 0.0536 e. The van der Waals surface area contributed by atoms with Crippen molar-refractivity contribution < 1.29 is 0 Å². The molecule has 0 bridgehead atoms. The highest BCUT2D eigenvalue weighted by atomic mass is 32.1. The largest absolute Gasteiger partial charge is 0.134 e. The molecule has 0 amide bonds. The number of benzene rings is 5. The van der Waals surface area contributed by atoms with E-state index in [9.17, 15) is 0 Å². The molecule has 4 aromatic heterocycles. The van der Waals surface area contributed by atoms with Crippen LogP contribution in [-0.4, -0.2) is 0 Å². The van der Waals surface area contributed by atoms with Gasteiger partial charge in [-0.05, 0) is 46.2 Å². The van der Waals surface area contributed by atoms with E-state index in [0.29, 0.717) is 0 Å². The van der Waals surface area contributed by atoms with Crippen LogP contribution in [0, 0.1) is 0 Å². The first-order chi connectivity index (χ1) is 18.8. The molecule has 5 aromatic carbocycles. The van der Waals surface area contributed by atoms with E-state index >= 15 is 0 Å². The summed E-state index contributed by atoms with van der Waals surface area (Å²) in [6.07, 6.45) is 0. The lowest BCUT2D eigenvalue weighted by Gasteiger charge is -2.05. The minimum Gasteiger partial charge on any atom is -0.134 e. The van der Waals surface area contributed by atoms with E-state index in [1.165, 1.54) is 81.4 Å². The Hall–Kier alpha value is -3.54. The molecule has 4 heterocycles. The van der Waals surface area contributed by atoms with Gasteiger partial charge in [0.15, 0.2) is 0 Å². The van der Waals surface area contributed by atoms with Gasteiger partial charge in [0.1, 0.15) is 0 Å². The maximum atomic E-state index is 2.42. The molecule has 9 rings (SSSR count). The molecule has 0 radical (unpaired) electrons. The van der Waals surface area contributed by atoms with E-state index in [0.717, 1.165) is 0 Å². The lowest BCUT2D eigenvalue weighted by molar-refractivity contribution is 1.70. The van der Waals surface area contributed by atoms with E-state index in [4.69, 9.17) is 0 Å². The van der Waals surface area contributed by atoms with Crippen LogP contribution in [0.4, 0.5) is 0 Å². The van der Waals surface area contributed by atoms with Crippen LogP contribution in [0.1, 0.15) is 0 Å². The summed E-state index contributed by atoms with van der Waals surface area (Å²) in [6.45, 7) is 0. The lowest BCUT2D eigenvalue weighted by atomic mass is 10.0. The Kier molecular flexibility index (Phi) is 4.49. The highest BCUT2D eigenvalue weighted by molar-refractivity contribution is 7.35. The molecule has 4 heteroatoms. The van der Waals surface area contributed by atoms with E-state index in [2.05, 4.69) is 109 Å². The average molecular weight is 555 g/mol. The monoisotopic (exact) mass is 554 g/mol. The van der Waals surface area contributed by atoms with Gasteiger partial charge in [-0.1, -0.05) is 84.9 Å². The Labute approximate surface area is 234 Å². The second kappa shape index (κ2) is 7.98. The fraction of sp³-hybridized carbons (Fsp3) is 0. The molecule has 38 heavy (non-hydrogen) atoms. The van der Waals surface area contributed by atoms with Gasteiger partial charge in [0.2, 0.25) is 0 Å². The van der Waals surface area contributed by atoms with E-state index in [1.54, 1.807) is 0 Å². The first kappa shape index (κ1) is 21.4. The second-order valence-electron chi connectivity index (χ2n) is 9.72. The van der Waals surface area contributed by atoms with E-state index in [-0.39, 0.29) is 0 Å². The summed E-state index contributed by atoms with van der Waals surface area (Å²) in [7, 11) is 0. The standard InChI is InChI=1S/C34H18S4/c1-3-7-19(8-4-1)27-17-29-33(35-27)23-13-11-21-16-26-22(15-25(21)31(23)37-29)12-14-24-32(26)38-30-18-28(36-34(24)30)20-9-5-2-6-10-20/h1-18H. The third-order valence-corrected chi connectivity index (χ3v) is 12.6. The average Bonchev–Trinajstić information content (AvgIpc) is 3.72. The molecule has 0 aliphatic carbocycles. The zero-order valence-corrected chi connectivity index (χ0v) is 23.3. The van der Waals surface area contributed by atoms with Crippen LogP contribution in [-0.2, 0) is 0 Å². The molecule has 0 aliphatic rings. The van der Waals surface area contributed by atoms with Crippen LogP contribution in [0.5, 0.6) is 0 Å². The number of fused-ring (bicyclic) bond motifs is 10. The van der Waals surface area contributed by atoms with Gasteiger partial charge in [0.05, 0.1) is 9.40 Å². The van der Waals surface area contributed by atoms with E-state index in [1.807, 2.05) is 45.3 Å². The summed E-state index contributed by atoms with van der Waals surface area (Å²) in [6, 6.07) is 40.4. The molecule has 0 fully saturated rings. The van der Waals surface area contributed by atoms with Gasteiger partial charge >= 0.3 is 0 Å². The second-order valence-corrected chi connectivity index (χ2v) is 13.9. The molecule has 0 saturated heterocycles. The number of rotatable bonds is 2. The first-order valence-electron chi connectivity index (χ1n) is 12.6. The highest BCUT2D eigenvalue weighted by Crippen LogP contribution is 2.48. The topological polar surface area (TPSA) is 0 Å². The highest BCUT2D eigenvalue weighted by Gasteiger charge is 2.16. The molecule has 0 saturated carbocycles. The maximum absolute atomic E-state index is 2.42. The van der Waals surface area contributed by atoms with E-state index < -0.39 is 0 Å². The molecule has 0 N–H and O–H groups in total. The number of thiophene rings is 4. The predicted molar refractivity (Wildman–Crippen MR) is 174 cm³/mol. The normalized spacial score (nSPS) is 12.2. The Morgan fingerprint density at radius 3 is 1.24 bits per heavy atom. The summed E-state index contributed by atoms with van der Waals surface area (Å²) in [5.41, 5.74) is 2.60. The van der Waals surface area contributed by atoms with Crippen molar-refractivity contribution in [2.24, 2.45) is 0 Å². The van der Waals surface area contributed by atoms with Gasteiger partial charge < -0.3 is 0 Å². The van der Waals surface area contributed by atoms with Gasteiger partial charge in [0, 0.05) is 50.1 Å². The molecule has 178 valence electrons. The van der Waals surface area contributed by atoms with Crippen LogP contribution >= 0.6 is 45.3 Å². The van der Waals surface area contributed by atoms with Crippen molar-refractivity contribution in [3.63, 3.8) is 0 Å². The molecule has 0 unspecified atom stereocenters. The van der Waals surface area contributed by atoms with Crippen LogP contribution in [0.2, 0.25) is 0 Å². The summed E-state index contributed by atoms with van der Waals surface area (Å²) in [5.74, 6) is 0. The Morgan fingerprint density at radius 2 is 0.789 bits per heavy atom. The molecular weight excluding hydrogens is 537 g/mol. The zero-order valence-electron chi connectivity index (χ0n) is 20.0. The van der Waals surface area contributed by atoms with Gasteiger partial charge in [-0.3, -0.25) is 0 Å². The number of hydrogen-bond acceptors (Lipinski definition) is 4. The molecule has 0 spiro atoms. The van der Waals surface area contributed by atoms with Crippen LogP contribution in [0.3, 0.4) is 0 Å². The number of hydrogen-bond donors (Lipinski definition) is 0. The van der Waals surface area contributed by atoms with Gasteiger partial charge in [-0.25, -0.2) is 0 Å². The summed E-state index contributed by atoms with van der Waals surface area (Å²) < 4.78 is 8.41. The molecule has 0 atom stereocenters. The summed E-state index contributed by atoms with van der Waals surface area (Å²) in [4.78, 5) is 2.70. The minimum atomic E-state index is 1.30. The maximum Gasteiger partial charge on any atom is 0.0536 e. The quantitative estimate of drug-likeness (QED) is 0.186. The molecule has 0 aliphatic heterocycles. The minimum absolute atomic E-state index is 1.30. The van der Waals surface area contributed by atoms with Gasteiger partial charge in [-0.2, -0.15) is 0 Å². The predicted octanol–water partition coefficient (Wildman–Crippen LogP) is 12.2. The van der Waals surface area contributed by atoms with Crippen molar-refractivity contribution in [2.75, 3.05) is 0 Å². The third kappa shape index (κ3) is 3.06. The third-order valence-electron chi connectivity index (χ3n) is 7.49. The SMILES string of the molecule is c1ccc(-c2cc3sc4c5cc6ccc7c8sc(-c9ccccc9)cc8sc7c6cc5ccc4c3s2)cc1. The van der Waals surface area contributed by atoms with Gasteiger partial charge in [-0.15, -0.1) is 45.3 Å². The first-order valence-corrected chi connectivity index (χ1v) is 15.9. The van der Waals surface area contributed by atoms with Crippen molar-refractivity contribution >= 4 is 106 Å². The summed E-state index contributed by atoms with van der Waals surface area (Å²) >= 11 is 7.71. The van der Waals surface area contributed by atoms with Crippen LogP contribution in [0.25, 0.3) is 81.4 Å².